The van der Waals surface area contributed by atoms with E-state index in [-0.39, 0.29) is 4.70 Å². The second-order valence-electron chi connectivity index (χ2n) is 1.64. The van der Waals surface area contributed by atoms with Gasteiger partial charge in [-0.05, 0) is 5.56 Å². The molecule has 0 nitrogen and oxygen atoms in total. The van der Waals surface area contributed by atoms with Crippen LogP contribution in [0, 0.1) is 0 Å². The maximum absolute atomic E-state index is 4.11. The first kappa shape index (κ1) is 8.50. The summed E-state index contributed by atoms with van der Waals surface area (Å²) in [6, 6.07) is 10.2. The predicted octanol–water partition coefficient (Wildman–Crippen LogP) is 2.27. The SMILES string of the molecule is F.SCc1ccccc1. The number of hydrogen-bond acceptors (Lipinski definition) is 1. The topological polar surface area (TPSA) is 0 Å². The van der Waals surface area contributed by atoms with Crippen molar-refractivity contribution in [3.05, 3.63) is 35.9 Å². The predicted molar refractivity (Wildman–Crippen MR) is 41.6 cm³/mol. The van der Waals surface area contributed by atoms with Crippen molar-refractivity contribution in [3.63, 3.8) is 0 Å². The molecule has 0 radical (unpaired) electrons. The Kier molecular flexibility index (Phi) is 4.14. The summed E-state index contributed by atoms with van der Waals surface area (Å²) < 4.78 is 0. The molecular formula is C7H9FS. The summed E-state index contributed by atoms with van der Waals surface area (Å²) in [5, 5.41) is 0. The van der Waals surface area contributed by atoms with E-state index in [9.17, 15) is 0 Å². The average molecular weight is 144 g/mol. The maximum Gasteiger partial charge on any atom is 0.0154 e. The summed E-state index contributed by atoms with van der Waals surface area (Å²) >= 11 is 4.11. The Morgan fingerprint density at radius 2 is 1.67 bits per heavy atom. The summed E-state index contributed by atoms with van der Waals surface area (Å²) in [4.78, 5) is 0. The van der Waals surface area contributed by atoms with Crippen LogP contribution in [-0.2, 0) is 5.75 Å². The summed E-state index contributed by atoms with van der Waals surface area (Å²) in [5.41, 5.74) is 1.27. The molecule has 0 fully saturated rings. The van der Waals surface area contributed by atoms with E-state index < -0.39 is 0 Å². The van der Waals surface area contributed by atoms with Crippen LogP contribution in [0.4, 0.5) is 4.70 Å². The minimum atomic E-state index is 0. The number of hydrogen-bond donors (Lipinski definition) is 1. The molecule has 0 aromatic heterocycles. The quantitative estimate of drug-likeness (QED) is 0.574. The Balaban J connectivity index is 0.000000640. The van der Waals surface area contributed by atoms with Gasteiger partial charge in [0.15, 0.2) is 0 Å². The number of benzene rings is 1. The Bertz CT molecular complexity index is 150. The molecule has 0 aliphatic carbocycles. The van der Waals surface area contributed by atoms with Crippen LogP contribution in [0.3, 0.4) is 0 Å². The molecule has 0 unspecified atom stereocenters. The molecule has 0 saturated heterocycles. The molecule has 0 saturated carbocycles. The highest BCUT2D eigenvalue weighted by Gasteiger charge is 1.80. The van der Waals surface area contributed by atoms with Gasteiger partial charge in [-0.25, -0.2) is 0 Å². The minimum absolute atomic E-state index is 0. The van der Waals surface area contributed by atoms with Gasteiger partial charge in [0.05, 0.1) is 0 Å². The third kappa shape index (κ3) is 2.51. The van der Waals surface area contributed by atoms with E-state index in [4.69, 9.17) is 0 Å². The van der Waals surface area contributed by atoms with Crippen molar-refractivity contribution < 1.29 is 4.70 Å². The fraction of sp³-hybridized carbons (Fsp3) is 0.143. The highest BCUT2D eigenvalue weighted by atomic mass is 32.1. The van der Waals surface area contributed by atoms with Crippen molar-refractivity contribution >= 4 is 12.6 Å². The number of thiol groups is 1. The second-order valence-corrected chi connectivity index (χ2v) is 1.96. The van der Waals surface area contributed by atoms with Gasteiger partial charge in [0.2, 0.25) is 0 Å². The van der Waals surface area contributed by atoms with Gasteiger partial charge < -0.3 is 0 Å². The Morgan fingerprint density at radius 3 is 2.00 bits per heavy atom. The molecular weight excluding hydrogens is 135 g/mol. The Labute approximate surface area is 59.7 Å². The van der Waals surface area contributed by atoms with Gasteiger partial charge in [-0.3, -0.25) is 4.70 Å². The first-order valence-corrected chi connectivity index (χ1v) is 3.21. The van der Waals surface area contributed by atoms with Crippen LogP contribution in [-0.4, -0.2) is 0 Å². The normalized spacial score (nSPS) is 8.11. The Hall–Kier alpha value is -0.500. The molecule has 1 aromatic rings. The van der Waals surface area contributed by atoms with Gasteiger partial charge in [-0.1, -0.05) is 30.3 Å². The lowest BCUT2D eigenvalue weighted by atomic mass is 10.2. The van der Waals surface area contributed by atoms with Crippen LogP contribution >= 0.6 is 12.6 Å². The van der Waals surface area contributed by atoms with Gasteiger partial charge in [0.1, 0.15) is 0 Å². The van der Waals surface area contributed by atoms with Crippen LogP contribution in [0.5, 0.6) is 0 Å². The summed E-state index contributed by atoms with van der Waals surface area (Å²) in [6.07, 6.45) is 0. The van der Waals surface area contributed by atoms with E-state index in [0.717, 1.165) is 5.75 Å². The van der Waals surface area contributed by atoms with Gasteiger partial charge in [-0.2, -0.15) is 12.6 Å². The third-order valence-electron chi connectivity index (χ3n) is 1.03. The summed E-state index contributed by atoms with van der Waals surface area (Å²) in [6.45, 7) is 0. The smallest absolute Gasteiger partial charge is 0.0154 e. The molecule has 0 aliphatic rings. The van der Waals surface area contributed by atoms with E-state index in [0.29, 0.717) is 0 Å². The van der Waals surface area contributed by atoms with Crippen molar-refractivity contribution in [2.24, 2.45) is 0 Å². The van der Waals surface area contributed by atoms with E-state index >= 15 is 0 Å². The maximum atomic E-state index is 4.11. The fourth-order valence-corrected chi connectivity index (χ4v) is 0.794. The standard InChI is InChI=1S/C7H8S.FH/c8-6-7-4-2-1-3-5-7;/h1-5,8H,6H2;1H. The van der Waals surface area contributed by atoms with Crippen LogP contribution in [0.25, 0.3) is 0 Å². The van der Waals surface area contributed by atoms with E-state index in [1.54, 1.807) is 0 Å². The van der Waals surface area contributed by atoms with Gasteiger partial charge in [0, 0.05) is 5.75 Å². The first-order valence-electron chi connectivity index (χ1n) is 2.58. The van der Waals surface area contributed by atoms with Gasteiger partial charge in [-0.15, -0.1) is 0 Å². The Morgan fingerprint density at radius 1 is 1.11 bits per heavy atom. The molecule has 0 heterocycles. The molecule has 50 valence electrons. The molecule has 0 spiro atoms. The highest BCUT2D eigenvalue weighted by Crippen LogP contribution is 2.00. The van der Waals surface area contributed by atoms with E-state index in [1.165, 1.54) is 5.56 Å². The van der Waals surface area contributed by atoms with Gasteiger partial charge >= 0.3 is 0 Å². The molecule has 1 aromatic carbocycles. The largest absolute Gasteiger partial charge is 0.269 e. The van der Waals surface area contributed by atoms with Crippen LogP contribution in [0.2, 0.25) is 0 Å². The molecule has 0 N–H and O–H groups in total. The zero-order valence-electron chi connectivity index (χ0n) is 4.95. The lowest BCUT2D eigenvalue weighted by molar-refractivity contribution is 1.11. The van der Waals surface area contributed by atoms with Crippen molar-refractivity contribution in [2.75, 3.05) is 0 Å². The van der Waals surface area contributed by atoms with Crippen molar-refractivity contribution in [1.29, 1.82) is 0 Å². The van der Waals surface area contributed by atoms with E-state index in [2.05, 4.69) is 24.8 Å². The average Bonchev–Trinajstić information content (AvgIpc) is 1.90. The molecule has 0 atom stereocenters. The monoisotopic (exact) mass is 144 g/mol. The minimum Gasteiger partial charge on any atom is -0.269 e. The van der Waals surface area contributed by atoms with Crippen LogP contribution < -0.4 is 0 Å². The van der Waals surface area contributed by atoms with Crippen molar-refractivity contribution in [3.8, 4) is 0 Å². The summed E-state index contributed by atoms with van der Waals surface area (Å²) in [5.74, 6) is 0.834. The van der Waals surface area contributed by atoms with Crippen LogP contribution in [0.1, 0.15) is 5.56 Å². The van der Waals surface area contributed by atoms with Crippen molar-refractivity contribution in [1.82, 2.24) is 0 Å². The zero-order valence-corrected chi connectivity index (χ0v) is 5.84. The van der Waals surface area contributed by atoms with Crippen molar-refractivity contribution in [2.45, 2.75) is 5.75 Å². The lowest BCUT2D eigenvalue weighted by Crippen LogP contribution is -1.71. The zero-order chi connectivity index (χ0) is 5.82. The van der Waals surface area contributed by atoms with E-state index in [1.807, 2.05) is 18.2 Å². The fourth-order valence-electron chi connectivity index (χ4n) is 0.583. The number of halogens is 1. The summed E-state index contributed by atoms with van der Waals surface area (Å²) in [7, 11) is 0. The number of rotatable bonds is 1. The molecule has 0 bridgehead atoms. The first-order chi connectivity index (χ1) is 3.93. The molecule has 9 heavy (non-hydrogen) atoms. The molecule has 2 heteroatoms. The molecule has 0 amide bonds. The molecule has 1 rings (SSSR count). The van der Waals surface area contributed by atoms with Crippen LogP contribution in [0.15, 0.2) is 30.3 Å². The second kappa shape index (κ2) is 4.39. The van der Waals surface area contributed by atoms with Gasteiger partial charge in [0.25, 0.3) is 0 Å². The highest BCUT2D eigenvalue weighted by molar-refractivity contribution is 7.79. The molecule has 0 aliphatic heterocycles. The third-order valence-corrected chi connectivity index (χ3v) is 1.39. The lowest BCUT2D eigenvalue weighted by Gasteiger charge is -1.89.